The summed E-state index contributed by atoms with van der Waals surface area (Å²) in [6, 6.07) is 25.8. The van der Waals surface area contributed by atoms with Gasteiger partial charge in [0, 0.05) is 43.6 Å². The molecule has 0 radical (unpaired) electrons. The second-order valence-corrected chi connectivity index (χ2v) is 7.43. The van der Waals surface area contributed by atoms with Crippen molar-refractivity contribution >= 4 is 28.7 Å². The summed E-state index contributed by atoms with van der Waals surface area (Å²) < 4.78 is 11.2. The maximum atomic E-state index is 5.84. The highest BCUT2D eigenvalue weighted by molar-refractivity contribution is 7.80. The Kier molecular flexibility index (Phi) is 6.35. The molecule has 4 rings (SSSR count). The Bertz CT molecular complexity index is 971. The molecular formula is C24H25N3O2S. The average molecular weight is 420 g/mol. The van der Waals surface area contributed by atoms with Crippen molar-refractivity contribution < 1.29 is 9.47 Å². The first-order valence-electron chi connectivity index (χ1n) is 9.99. The Morgan fingerprint density at radius 3 is 2.17 bits per heavy atom. The molecule has 0 aliphatic carbocycles. The van der Waals surface area contributed by atoms with Gasteiger partial charge < -0.3 is 24.6 Å². The zero-order valence-corrected chi connectivity index (χ0v) is 17.8. The van der Waals surface area contributed by atoms with Gasteiger partial charge in [0.1, 0.15) is 17.2 Å². The quantitative estimate of drug-likeness (QED) is 0.586. The number of rotatable bonds is 5. The van der Waals surface area contributed by atoms with Crippen molar-refractivity contribution in [2.75, 3.05) is 43.5 Å². The lowest BCUT2D eigenvalue weighted by Crippen LogP contribution is -2.50. The SMILES string of the molecule is COc1cccc(N2CCN(C(=S)Nc3ccc(Oc4ccccc4)cc3)CC2)c1. The standard InChI is InChI=1S/C24H25N3O2S/c1-28-23-9-5-6-20(18-23)26-14-16-27(17-15-26)24(30)25-19-10-12-22(13-11-19)29-21-7-3-2-4-8-21/h2-13,18H,14-17H2,1H3,(H,25,30). The number of thiocarbonyl (C=S) groups is 1. The lowest BCUT2D eigenvalue weighted by atomic mass is 10.2. The van der Waals surface area contributed by atoms with Gasteiger partial charge in [0.2, 0.25) is 0 Å². The Balaban J connectivity index is 1.29. The Morgan fingerprint density at radius 2 is 1.47 bits per heavy atom. The highest BCUT2D eigenvalue weighted by Gasteiger charge is 2.19. The van der Waals surface area contributed by atoms with Crippen LogP contribution in [0.5, 0.6) is 17.2 Å². The van der Waals surface area contributed by atoms with Crippen molar-refractivity contribution in [2.24, 2.45) is 0 Å². The fraction of sp³-hybridized carbons (Fsp3) is 0.208. The fourth-order valence-corrected chi connectivity index (χ4v) is 3.71. The molecule has 1 fully saturated rings. The number of piperazine rings is 1. The lowest BCUT2D eigenvalue weighted by Gasteiger charge is -2.37. The normalized spacial score (nSPS) is 13.6. The van der Waals surface area contributed by atoms with Gasteiger partial charge in [0.05, 0.1) is 7.11 Å². The molecule has 0 amide bonds. The highest BCUT2D eigenvalue weighted by Crippen LogP contribution is 2.24. The molecule has 1 N–H and O–H groups in total. The van der Waals surface area contributed by atoms with Gasteiger partial charge in [-0.05, 0) is 60.7 Å². The lowest BCUT2D eigenvalue weighted by molar-refractivity contribution is 0.389. The van der Waals surface area contributed by atoms with Crippen LogP contribution in [-0.4, -0.2) is 43.3 Å². The summed E-state index contributed by atoms with van der Waals surface area (Å²) in [7, 11) is 1.70. The summed E-state index contributed by atoms with van der Waals surface area (Å²) in [6.07, 6.45) is 0. The second-order valence-electron chi connectivity index (χ2n) is 7.05. The van der Waals surface area contributed by atoms with Crippen LogP contribution in [0.1, 0.15) is 0 Å². The molecule has 5 nitrogen and oxygen atoms in total. The van der Waals surface area contributed by atoms with Gasteiger partial charge in [-0.25, -0.2) is 0 Å². The van der Waals surface area contributed by atoms with Crippen LogP contribution in [0.4, 0.5) is 11.4 Å². The number of nitrogens with one attached hydrogen (secondary N) is 1. The molecule has 1 heterocycles. The third-order valence-electron chi connectivity index (χ3n) is 5.07. The van der Waals surface area contributed by atoms with E-state index in [-0.39, 0.29) is 0 Å². The first kappa shape index (κ1) is 20.0. The molecule has 0 bridgehead atoms. The zero-order valence-electron chi connectivity index (χ0n) is 17.0. The number of para-hydroxylation sites is 1. The monoisotopic (exact) mass is 419 g/mol. The van der Waals surface area contributed by atoms with Crippen molar-refractivity contribution in [2.45, 2.75) is 0 Å². The molecule has 6 heteroatoms. The third-order valence-corrected chi connectivity index (χ3v) is 5.43. The number of hydrogen-bond donors (Lipinski definition) is 1. The van der Waals surface area contributed by atoms with Gasteiger partial charge >= 0.3 is 0 Å². The smallest absolute Gasteiger partial charge is 0.173 e. The minimum Gasteiger partial charge on any atom is -0.497 e. The van der Waals surface area contributed by atoms with Gasteiger partial charge in [-0.2, -0.15) is 0 Å². The van der Waals surface area contributed by atoms with Gasteiger partial charge in [-0.1, -0.05) is 24.3 Å². The minimum absolute atomic E-state index is 0.747. The minimum atomic E-state index is 0.747. The van der Waals surface area contributed by atoms with Crippen LogP contribution in [0.25, 0.3) is 0 Å². The molecular weight excluding hydrogens is 394 g/mol. The topological polar surface area (TPSA) is 37.0 Å². The van der Waals surface area contributed by atoms with E-state index in [4.69, 9.17) is 21.7 Å². The van der Waals surface area contributed by atoms with Crippen molar-refractivity contribution in [1.82, 2.24) is 4.90 Å². The van der Waals surface area contributed by atoms with E-state index in [1.165, 1.54) is 5.69 Å². The van der Waals surface area contributed by atoms with Crippen LogP contribution >= 0.6 is 12.2 Å². The molecule has 1 aliphatic heterocycles. The van der Waals surface area contributed by atoms with Crippen LogP contribution in [0, 0.1) is 0 Å². The maximum Gasteiger partial charge on any atom is 0.173 e. The predicted octanol–water partition coefficient (Wildman–Crippen LogP) is 5.01. The summed E-state index contributed by atoms with van der Waals surface area (Å²) in [5, 5.41) is 4.09. The fourth-order valence-electron chi connectivity index (χ4n) is 3.41. The Labute approximate surface area is 182 Å². The van der Waals surface area contributed by atoms with Crippen molar-refractivity contribution in [3.63, 3.8) is 0 Å². The molecule has 3 aromatic rings. The van der Waals surface area contributed by atoms with E-state index < -0.39 is 0 Å². The van der Waals surface area contributed by atoms with E-state index in [0.717, 1.165) is 54.2 Å². The van der Waals surface area contributed by atoms with Crippen LogP contribution in [0.2, 0.25) is 0 Å². The first-order chi connectivity index (χ1) is 14.7. The van der Waals surface area contributed by atoms with Gasteiger partial charge in [0.15, 0.2) is 5.11 Å². The molecule has 30 heavy (non-hydrogen) atoms. The van der Waals surface area contributed by atoms with E-state index in [2.05, 4.69) is 27.2 Å². The number of methoxy groups -OCH3 is 1. The number of benzene rings is 3. The summed E-state index contributed by atoms with van der Waals surface area (Å²) in [5.41, 5.74) is 2.14. The van der Waals surface area contributed by atoms with Crippen molar-refractivity contribution in [1.29, 1.82) is 0 Å². The Hall–Kier alpha value is -3.25. The molecule has 154 valence electrons. The number of ether oxygens (including phenoxy) is 2. The number of anilines is 2. The van der Waals surface area contributed by atoms with E-state index in [1.807, 2.05) is 66.7 Å². The van der Waals surface area contributed by atoms with Crippen LogP contribution in [0.3, 0.4) is 0 Å². The van der Waals surface area contributed by atoms with Crippen molar-refractivity contribution in [3.05, 3.63) is 78.9 Å². The van der Waals surface area contributed by atoms with E-state index in [0.29, 0.717) is 0 Å². The average Bonchev–Trinajstić information content (AvgIpc) is 2.81. The molecule has 1 saturated heterocycles. The number of hydrogen-bond acceptors (Lipinski definition) is 4. The highest BCUT2D eigenvalue weighted by atomic mass is 32.1. The van der Waals surface area contributed by atoms with Gasteiger partial charge in [-0.15, -0.1) is 0 Å². The molecule has 0 spiro atoms. The second kappa shape index (κ2) is 9.50. The molecule has 0 unspecified atom stereocenters. The summed E-state index contributed by atoms with van der Waals surface area (Å²) in [4.78, 5) is 4.57. The van der Waals surface area contributed by atoms with Crippen LogP contribution in [-0.2, 0) is 0 Å². The summed E-state index contributed by atoms with van der Waals surface area (Å²) in [5.74, 6) is 2.50. The molecule has 1 aliphatic rings. The van der Waals surface area contributed by atoms with E-state index in [9.17, 15) is 0 Å². The van der Waals surface area contributed by atoms with Gasteiger partial charge in [-0.3, -0.25) is 0 Å². The Morgan fingerprint density at radius 1 is 0.800 bits per heavy atom. The van der Waals surface area contributed by atoms with Gasteiger partial charge in [0.25, 0.3) is 0 Å². The summed E-state index contributed by atoms with van der Waals surface area (Å²) in [6.45, 7) is 3.58. The first-order valence-corrected chi connectivity index (χ1v) is 10.4. The van der Waals surface area contributed by atoms with E-state index >= 15 is 0 Å². The third kappa shape index (κ3) is 5.02. The molecule has 0 aromatic heterocycles. The zero-order chi connectivity index (χ0) is 20.8. The predicted molar refractivity (Wildman–Crippen MR) is 126 cm³/mol. The number of nitrogens with zero attached hydrogens (tertiary/aromatic N) is 2. The maximum absolute atomic E-state index is 5.84. The molecule has 0 atom stereocenters. The van der Waals surface area contributed by atoms with Crippen molar-refractivity contribution in [3.8, 4) is 17.2 Å². The van der Waals surface area contributed by atoms with Crippen LogP contribution < -0.4 is 19.7 Å². The van der Waals surface area contributed by atoms with E-state index in [1.54, 1.807) is 7.11 Å². The molecule has 3 aromatic carbocycles. The molecule has 0 saturated carbocycles. The summed E-state index contributed by atoms with van der Waals surface area (Å²) >= 11 is 5.63. The van der Waals surface area contributed by atoms with Crippen LogP contribution in [0.15, 0.2) is 78.9 Å². The largest absolute Gasteiger partial charge is 0.497 e.